The molecule has 0 heterocycles. The fraction of sp³-hybridized carbons (Fsp3) is 0.607. The summed E-state index contributed by atoms with van der Waals surface area (Å²) in [5, 5.41) is 8.78. The molecule has 1 aromatic carbocycles. The van der Waals surface area contributed by atoms with Crippen molar-refractivity contribution in [1.29, 1.82) is 5.26 Å². The van der Waals surface area contributed by atoms with Gasteiger partial charge in [0.25, 0.3) is 0 Å². The fourth-order valence-electron chi connectivity index (χ4n) is 5.35. The lowest BCUT2D eigenvalue weighted by Gasteiger charge is -2.31. The molecule has 0 N–H and O–H groups in total. The summed E-state index contributed by atoms with van der Waals surface area (Å²) >= 11 is 0. The van der Waals surface area contributed by atoms with Crippen LogP contribution in [0.25, 0.3) is 0 Å². The Morgan fingerprint density at radius 3 is 2.10 bits per heavy atom. The molecule has 3 rings (SSSR count). The Morgan fingerprint density at radius 2 is 1.53 bits per heavy atom. The molecule has 0 radical (unpaired) electrons. The maximum absolute atomic E-state index is 13.6. The van der Waals surface area contributed by atoms with Gasteiger partial charge in [0, 0.05) is 5.56 Å². The van der Waals surface area contributed by atoms with Crippen molar-refractivity contribution < 1.29 is 4.39 Å². The summed E-state index contributed by atoms with van der Waals surface area (Å²) in [4.78, 5) is 0. The molecule has 1 aromatic rings. The zero-order chi connectivity index (χ0) is 21.2. The first-order valence-corrected chi connectivity index (χ1v) is 12.1. The molecule has 0 unspecified atom stereocenters. The van der Waals surface area contributed by atoms with Crippen LogP contribution in [-0.4, -0.2) is 0 Å². The zero-order valence-electron chi connectivity index (χ0n) is 18.5. The SMILES string of the molecule is CCC[C@H]1CC[C@H](CCC2CCC(/C=C/C#Cc3ccc(C#N)c(F)c3)CC2)CC1. The first-order chi connectivity index (χ1) is 14.7. The van der Waals surface area contributed by atoms with Crippen molar-refractivity contribution in [3.05, 3.63) is 47.3 Å². The predicted octanol–water partition coefficient (Wildman–Crippen LogP) is 7.80. The van der Waals surface area contributed by atoms with E-state index in [4.69, 9.17) is 5.26 Å². The molecule has 0 atom stereocenters. The predicted molar refractivity (Wildman–Crippen MR) is 122 cm³/mol. The van der Waals surface area contributed by atoms with Crippen molar-refractivity contribution >= 4 is 0 Å². The molecule has 0 saturated heterocycles. The van der Waals surface area contributed by atoms with Crippen LogP contribution < -0.4 is 0 Å². The number of hydrogen-bond acceptors (Lipinski definition) is 1. The molecule has 2 fully saturated rings. The third-order valence-electron chi connectivity index (χ3n) is 7.30. The minimum atomic E-state index is -0.499. The molecule has 0 aromatic heterocycles. The van der Waals surface area contributed by atoms with Gasteiger partial charge in [0.15, 0.2) is 0 Å². The van der Waals surface area contributed by atoms with Crippen LogP contribution in [0.3, 0.4) is 0 Å². The Hall–Kier alpha value is -2.06. The highest BCUT2D eigenvalue weighted by atomic mass is 19.1. The molecule has 0 spiro atoms. The first-order valence-electron chi connectivity index (χ1n) is 12.1. The van der Waals surface area contributed by atoms with Gasteiger partial charge < -0.3 is 0 Å². The third kappa shape index (κ3) is 7.02. The van der Waals surface area contributed by atoms with Crippen LogP contribution in [-0.2, 0) is 0 Å². The van der Waals surface area contributed by atoms with E-state index in [2.05, 4.69) is 24.8 Å². The molecular weight excluding hydrogens is 369 g/mol. The number of hydrogen-bond donors (Lipinski definition) is 0. The molecule has 0 amide bonds. The van der Waals surface area contributed by atoms with Crippen LogP contribution in [0.4, 0.5) is 4.39 Å². The van der Waals surface area contributed by atoms with E-state index in [1.807, 2.05) is 12.1 Å². The van der Waals surface area contributed by atoms with Crippen LogP contribution in [0.5, 0.6) is 0 Å². The number of rotatable bonds is 6. The molecule has 0 bridgehead atoms. The van der Waals surface area contributed by atoms with Gasteiger partial charge >= 0.3 is 0 Å². The van der Waals surface area contributed by atoms with Crippen LogP contribution in [0.2, 0.25) is 0 Å². The Bertz CT molecular complexity index is 790. The summed E-state index contributed by atoms with van der Waals surface area (Å²) in [5.74, 6) is 9.07. The average Bonchev–Trinajstić information content (AvgIpc) is 2.77. The molecular formula is C28H36FN. The van der Waals surface area contributed by atoms with Crippen molar-refractivity contribution in [2.75, 3.05) is 0 Å². The summed E-state index contributed by atoms with van der Waals surface area (Å²) < 4.78 is 13.6. The van der Waals surface area contributed by atoms with Gasteiger partial charge in [-0.25, -0.2) is 4.39 Å². The highest BCUT2D eigenvalue weighted by molar-refractivity contribution is 5.42. The lowest BCUT2D eigenvalue weighted by atomic mass is 9.75. The monoisotopic (exact) mass is 405 g/mol. The van der Waals surface area contributed by atoms with Gasteiger partial charge in [-0.05, 0) is 73.6 Å². The van der Waals surface area contributed by atoms with Gasteiger partial charge in [-0.2, -0.15) is 5.26 Å². The van der Waals surface area contributed by atoms with Crippen LogP contribution in [0.15, 0.2) is 30.4 Å². The molecule has 160 valence electrons. The van der Waals surface area contributed by atoms with Gasteiger partial charge in [0.2, 0.25) is 0 Å². The smallest absolute Gasteiger partial charge is 0.142 e. The van der Waals surface area contributed by atoms with Crippen molar-refractivity contribution in [2.45, 2.75) is 84.0 Å². The van der Waals surface area contributed by atoms with Crippen molar-refractivity contribution in [3.8, 4) is 17.9 Å². The number of benzene rings is 1. The molecule has 2 aliphatic carbocycles. The summed E-state index contributed by atoms with van der Waals surface area (Å²) in [6, 6.07) is 6.35. The van der Waals surface area contributed by atoms with Gasteiger partial charge in [0.1, 0.15) is 11.9 Å². The second-order valence-corrected chi connectivity index (χ2v) is 9.47. The lowest BCUT2D eigenvalue weighted by Crippen LogP contribution is -2.17. The summed E-state index contributed by atoms with van der Waals surface area (Å²) in [7, 11) is 0. The molecule has 30 heavy (non-hydrogen) atoms. The normalized spacial score (nSPS) is 26.7. The molecule has 2 saturated carbocycles. The standard InChI is InChI=1S/C28H36FN/c1-2-5-22-8-12-24(13-9-22)16-17-25-14-10-23(11-15-25)6-3-4-7-26-18-19-27(21-30)28(29)20-26/h3,6,18-20,22-25H,2,5,8-17H2,1H3/b6-3+/t22-,23?,24-,25?. The largest absolute Gasteiger partial charge is 0.206 e. The van der Waals surface area contributed by atoms with Crippen LogP contribution in [0.1, 0.15) is 95.1 Å². The average molecular weight is 406 g/mol. The Balaban J connectivity index is 1.34. The zero-order valence-corrected chi connectivity index (χ0v) is 18.5. The Morgan fingerprint density at radius 1 is 0.933 bits per heavy atom. The number of halogens is 1. The van der Waals surface area contributed by atoms with E-state index < -0.39 is 5.82 Å². The molecule has 2 heteroatoms. The summed E-state index contributed by atoms with van der Waals surface area (Å²) in [6.07, 6.45) is 21.0. The first kappa shape index (κ1) is 22.6. The lowest BCUT2D eigenvalue weighted by molar-refractivity contribution is 0.221. The van der Waals surface area contributed by atoms with E-state index in [-0.39, 0.29) is 5.56 Å². The molecule has 1 nitrogen and oxygen atoms in total. The fourth-order valence-corrected chi connectivity index (χ4v) is 5.35. The van der Waals surface area contributed by atoms with Gasteiger partial charge in [-0.3, -0.25) is 0 Å². The second-order valence-electron chi connectivity index (χ2n) is 9.47. The van der Waals surface area contributed by atoms with Crippen molar-refractivity contribution in [1.82, 2.24) is 0 Å². The maximum atomic E-state index is 13.6. The summed E-state index contributed by atoms with van der Waals surface area (Å²) in [5.41, 5.74) is 0.681. The minimum Gasteiger partial charge on any atom is -0.206 e. The highest BCUT2D eigenvalue weighted by Gasteiger charge is 2.23. The van der Waals surface area contributed by atoms with Gasteiger partial charge in [-0.15, -0.1) is 0 Å². The van der Waals surface area contributed by atoms with Crippen LogP contribution >= 0.6 is 0 Å². The van der Waals surface area contributed by atoms with E-state index in [0.717, 1.165) is 17.8 Å². The van der Waals surface area contributed by atoms with Crippen molar-refractivity contribution in [2.24, 2.45) is 23.7 Å². The van der Waals surface area contributed by atoms with Gasteiger partial charge in [-0.1, -0.05) is 76.2 Å². The van der Waals surface area contributed by atoms with E-state index in [9.17, 15) is 4.39 Å². The number of nitriles is 1. The Labute approximate surface area is 182 Å². The van der Waals surface area contributed by atoms with E-state index >= 15 is 0 Å². The van der Waals surface area contributed by atoms with E-state index in [0.29, 0.717) is 11.5 Å². The van der Waals surface area contributed by atoms with Crippen molar-refractivity contribution in [3.63, 3.8) is 0 Å². The summed E-state index contributed by atoms with van der Waals surface area (Å²) in [6.45, 7) is 2.32. The topological polar surface area (TPSA) is 23.8 Å². The molecule has 0 aliphatic heterocycles. The number of nitrogens with zero attached hydrogens (tertiary/aromatic N) is 1. The quantitative estimate of drug-likeness (QED) is 0.443. The molecule has 2 aliphatic rings. The highest BCUT2D eigenvalue weighted by Crippen LogP contribution is 2.37. The Kier molecular flexibility index (Phi) is 9.01. The number of allylic oxidation sites excluding steroid dienone is 2. The van der Waals surface area contributed by atoms with E-state index in [1.165, 1.54) is 89.2 Å². The maximum Gasteiger partial charge on any atom is 0.142 e. The van der Waals surface area contributed by atoms with Crippen LogP contribution in [0, 0.1) is 52.7 Å². The van der Waals surface area contributed by atoms with Gasteiger partial charge in [0.05, 0.1) is 5.56 Å². The second kappa shape index (κ2) is 12.0. The third-order valence-corrected chi connectivity index (χ3v) is 7.30. The van der Waals surface area contributed by atoms with E-state index in [1.54, 1.807) is 6.07 Å². The minimum absolute atomic E-state index is 0.0667.